The van der Waals surface area contributed by atoms with Crippen LogP contribution in [0, 0.1) is 35.0 Å². The third-order valence-corrected chi connectivity index (χ3v) is 8.23. The van der Waals surface area contributed by atoms with E-state index in [0.29, 0.717) is 23.3 Å². The Balaban J connectivity index is 1.63. The lowest BCUT2D eigenvalue weighted by Crippen LogP contribution is -2.37. The third kappa shape index (κ3) is 3.16. The quantitative estimate of drug-likeness (QED) is 0.506. The second-order valence-corrected chi connectivity index (χ2v) is 10.5. The SMILES string of the molecule is CC1=CC(=O)[C@H]2C(C=O)=CC[C@H]3[C@@H]([C@@H](C)C4C=CC(C)(C)O4)CC[C@]3(C)C[C@H]12. The number of hydrogen-bond acceptors (Lipinski definition) is 3. The first-order chi connectivity index (χ1) is 13.1. The van der Waals surface area contributed by atoms with Crippen LogP contribution in [0.15, 0.2) is 35.5 Å². The Hall–Kier alpha value is -1.48. The van der Waals surface area contributed by atoms with Gasteiger partial charge < -0.3 is 4.74 Å². The van der Waals surface area contributed by atoms with E-state index >= 15 is 0 Å². The summed E-state index contributed by atoms with van der Waals surface area (Å²) in [7, 11) is 0. The smallest absolute Gasteiger partial charge is 0.163 e. The molecule has 1 saturated carbocycles. The van der Waals surface area contributed by atoms with E-state index in [9.17, 15) is 9.59 Å². The molecule has 1 unspecified atom stereocenters. The van der Waals surface area contributed by atoms with Crippen molar-refractivity contribution < 1.29 is 14.3 Å². The zero-order valence-electron chi connectivity index (χ0n) is 17.9. The topological polar surface area (TPSA) is 43.4 Å². The molecule has 1 aliphatic heterocycles. The van der Waals surface area contributed by atoms with Crippen LogP contribution >= 0.6 is 0 Å². The van der Waals surface area contributed by atoms with E-state index in [4.69, 9.17) is 4.74 Å². The van der Waals surface area contributed by atoms with Gasteiger partial charge in [0.1, 0.15) is 6.29 Å². The van der Waals surface area contributed by atoms with Crippen LogP contribution in [0.4, 0.5) is 0 Å². The standard InChI is InChI=1S/C25H34O3/c1-15-12-21(27)23-17(14-26)6-7-20-18(8-11-25(20,5)13-19(15)23)16(2)22-9-10-24(3,4)28-22/h6,9-10,12,14,16,18-20,22-23H,7-8,11,13H2,1-5H3/t16-,18-,19-,20+,22?,23+,25-/m1/s1. The monoisotopic (exact) mass is 382 g/mol. The van der Waals surface area contributed by atoms with Crippen molar-refractivity contribution in [2.45, 2.75) is 72.0 Å². The average Bonchev–Trinajstić information content (AvgIpc) is 3.22. The molecule has 7 atom stereocenters. The summed E-state index contributed by atoms with van der Waals surface area (Å²) in [6.45, 7) is 11.1. The Morgan fingerprint density at radius 2 is 2.04 bits per heavy atom. The number of carbonyl (C=O) groups is 2. The van der Waals surface area contributed by atoms with Gasteiger partial charge in [-0.15, -0.1) is 0 Å². The van der Waals surface area contributed by atoms with E-state index in [1.165, 1.54) is 12.8 Å². The van der Waals surface area contributed by atoms with Crippen molar-refractivity contribution in [1.82, 2.24) is 0 Å². The fourth-order valence-corrected chi connectivity index (χ4v) is 6.60. The lowest BCUT2D eigenvalue weighted by atomic mass is 9.63. The molecule has 3 heteroatoms. The molecule has 0 aromatic heterocycles. The molecule has 0 N–H and O–H groups in total. The molecule has 4 aliphatic rings. The van der Waals surface area contributed by atoms with Crippen LogP contribution in [-0.4, -0.2) is 23.8 Å². The van der Waals surface area contributed by atoms with Gasteiger partial charge in [-0.1, -0.05) is 37.6 Å². The van der Waals surface area contributed by atoms with Crippen molar-refractivity contribution in [2.24, 2.45) is 35.0 Å². The summed E-state index contributed by atoms with van der Waals surface area (Å²) in [4.78, 5) is 24.4. The number of ether oxygens (including phenoxy) is 1. The van der Waals surface area contributed by atoms with Crippen LogP contribution < -0.4 is 0 Å². The first kappa shape index (κ1) is 19.8. The average molecular weight is 383 g/mol. The minimum absolute atomic E-state index is 0.123. The first-order valence-electron chi connectivity index (χ1n) is 10.9. The van der Waals surface area contributed by atoms with Gasteiger partial charge in [-0.2, -0.15) is 0 Å². The van der Waals surface area contributed by atoms with Crippen LogP contribution in [0.2, 0.25) is 0 Å². The van der Waals surface area contributed by atoms with Gasteiger partial charge in [0.05, 0.1) is 17.6 Å². The number of allylic oxidation sites excluding steroid dienone is 4. The maximum absolute atomic E-state index is 12.6. The normalized spacial score (nSPS) is 42.9. The molecular formula is C25H34O3. The number of rotatable bonds is 3. The summed E-state index contributed by atoms with van der Waals surface area (Å²) in [5.41, 5.74) is 1.90. The molecule has 0 radical (unpaired) electrons. The molecule has 0 bridgehead atoms. The number of carbonyl (C=O) groups excluding carboxylic acids is 2. The van der Waals surface area contributed by atoms with Crippen LogP contribution in [0.5, 0.6) is 0 Å². The molecule has 1 fully saturated rings. The zero-order chi connectivity index (χ0) is 20.3. The van der Waals surface area contributed by atoms with Crippen molar-refractivity contribution in [3.05, 3.63) is 35.5 Å². The molecule has 0 aromatic carbocycles. The maximum Gasteiger partial charge on any atom is 0.163 e. The molecular weight excluding hydrogens is 348 g/mol. The molecule has 152 valence electrons. The van der Waals surface area contributed by atoms with Gasteiger partial charge >= 0.3 is 0 Å². The molecule has 3 nitrogen and oxygen atoms in total. The van der Waals surface area contributed by atoms with Gasteiger partial charge in [-0.25, -0.2) is 0 Å². The highest BCUT2D eigenvalue weighted by Crippen LogP contribution is 2.58. The number of hydrogen-bond donors (Lipinski definition) is 0. The highest BCUT2D eigenvalue weighted by atomic mass is 16.5. The number of ketones is 1. The zero-order valence-corrected chi connectivity index (χ0v) is 17.9. The predicted octanol–water partition coefficient (Wildman–Crippen LogP) is 5.07. The third-order valence-electron chi connectivity index (χ3n) is 8.23. The lowest BCUT2D eigenvalue weighted by molar-refractivity contribution is -0.119. The van der Waals surface area contributed by atoms with Gasteiger partial charge in [-0.05, 0) is 87.2 Å². The molecule has 0 aromatic rings. The fraction of sp³-hybridized carbons (Fsp3) is 0.680. The second-order valence-electron chi connectivity index (χ2n) is 10.5. The van der Waals surface area contributed by atoms with E-state index in [2.05, 4.69) is 52.8 Å². The Kier molecular flexibility index (Phi) is 4.81. The van der Waals surface area contributed by atoms with Crippen molar-refractivity contribution in [1.29, 1.82) is 0 Å². The maximum atomic E-state index is 12.6. The summed E-state index contributed by atoms with van der Waals surface area (Å²) in [5.74, 6) is 1.63. The summed E-state index contributed by atoms with van der Waals surface area (Å²) in [5, 5.41) is 0. The minimum Gasteiger partial charge on any atom is -0.364 e. The van der Waals surface area contributed by atoms with E-state index < -0.39 is 0 Å². The molecule has 1 heterocycles. The van der Waals surface area contributed by atoms with Gasteiger partial charge in [0.2, 0.25) is 0 Å². The summed E-state index contributed by atoms with van der Waals surface area (Å²) in [6, 6.07) is 0. The summed E-state index contributed by atoms with van der Waals surface area (Å²) in [6.07, 6.45) is 13.7. The van der Waals surface area contributed by atoms with E-state index in [-0.39, 0.29) is 34.7 Å². The minimum atomic E-state index is -0.242. The van der Waals surface area contributed by atoms with Gasteiger partial charge in [0.25, 0.3) is 0 Å². The molecule has 0 saturated heterocycles. The van der Waals surface area contributed by atoms with E-state index in [1.807, 2.05) is 0 Å². The van der Waals surface area contributed by atoms with Crippen LogP contribution in [0.3, 0.4) is 0 Å². The molecule has 0 spiro atoms. The Labute approximate surface area is 169 Å². The van der Waals surface area contributed by atoms with Gasteiger partial charge in [0.15, 0.2) is 5.78 Å². The van der Waals surface area contributed by atoms with Crippen LogP contribution in [0.1, 0.15) is 60.3 Å². The van der Waals surface area contributed by atoms with Crippen LogP contribution in [0.25, 0.3) is 0 Å². The Bertz CT molecular complexity index is 771. The largest absolute Gasteiger partial charge is 0.364 e. The molecule has 4 rings (SSSR count). The summed E-state index contributed by atoms with van der Waals surface area (Å²) < 4.78 is 6.30. The summed E-state index contributed by atoms with van der Waals surface area (Å²) >= 11 is 0. The van der Waals surface area contributed by atoms with Gasteiger partial charge in [0, 0.05) is 0 Å². The molecule has 3 aliphatic carbocycles. The van der Waals surface area contributed by atoms with Crippen molar-refractivity contribution in [3.63, 3.8) is 0 Å². The van der Waals surface area contributed by atoms with Crippen molar-refractivity contribution in [3.8, 4) is 0 Å². The predicted molar refractivity (Wildman–Crippen MR) is 111 cm³/mol. The number of fused-ring (bicyclic) bond motifs is 2. The highest BCUT2D eigenvalue weighted by molar-refractivity contribution is 6.01. The lowest BCUT2D eigenvalue weighted by Gasteiger charge is -2.41. The van der Waals surface area contributed by atoms with Gasteiger partial charge in [-0.3, -0.25) is 9.59 Å². The highest BCUT2D eigenvalue weighted by Gasteiger charge is 2.52. The van der Waals surface area contributed by atoms with Crippen LogP contribution in [-0.2, 0) is 14.3 Å². The molecule has 28 heavy (non-hydrogen) atoms. The van der Waals surface area contributed by atoms with Crippen molar-refractivity contribution in [2.75, 3.05) is 0 Å². The molecule has 0 amide bonds. The number of aldehydes is 1. The Morgan fingerprint density at radius 1 is 1.29 bits per heavy atom. The van der Waals surface area contributed by atoms with E-state index in [1.54, 1.807) is 6.08 Å². The van der Waals surface area contributed by atoms with Crippen molar-refractivity contribution >= 4 is 12.1 Å². The Morgan fingerprint density at radius 3 is 2.68 bits per heavy atom. The van der Waals surface area contributed by atoms with E-state index in [0.717, 1.165) is 24.7 Å². The fourth-order valence-electron chi connectivity index (χ4n) is 6.60. The first-order valence-corrected chi connectivity index (χ1v) is 10.9. The second kappa shape index (κ2) is 6.79.